The normalized spacial score (nSPS) is 11.1. The zero-order chi connectivity index (χ0) is 18.5. The van der Waals surface area contributed by atoms with Crippen molar-refractivity contribution in [3.05, 3.63) is 121 Å². The minimum absolute atomic E-state index is 1.05. The van der Waals surface area contributed by atoms with Crippen LogP contribution in [0.4, 0.5) is 5.69 Å². The molecule has 0 saturated heterocycles. The van der Waals surface area contributed by atoms with Gasteiger partial charge in [-0.05, 0) is 0 Å². The van der Waals surface area contributed by atoms with Gasteiger partial charge in [0.05, 0.1) is 0 Å². The molecule has 0 radical (unpaired) electrons. The Morgan fingerprint density at radius 3 is 1.22 bits per heavy atom. The first kappa shape index (κ1) is 17.6. The van der Waals surface area contributed by atoms with E-state index in [9.17, 15) is 0 Å². The van der Waals surface area contributed by atoms with Gasteiger partial charge in [0.2, 0.25) is 0 Å². The Hall–Kier alpha value is -2.76. The van der Waals surface area contributed by atoms with Crippen LogP contribution in [-0.4, -0.2) is 13.4 Å². The molecule has 0 unspecified atom stereocenters. The SMILES string of the molecule is Cc1ccc(N=[As](c2ccccc2)(c2ccccc2)c2ccccc2)cc1. The van der Waals surface area contributed by atoms with Crippen molar-refractivity contribution in [1.29, 1.82) is 0 Å². The predicted molar refractivity (Wildman–Crippen MR) is 117 cm³/mol. The summed E-state index contributed by atoms with van der Waals surface area (Å²) in [4.78, 5) is 0. The van der Waals surface area contributed by atoms with Crippen molar-refractivity contribution in [3.8, 4) is 0 Å². The van der Waals surface area contributed by atoms with Gasteiger partial charge in [-0.1, -0.05) is 0 Å². The fourth-order valence-corrected chi connectivity index (χ4v) is 10.7. The molecule has 132 valence electrons. The third kappa shape index (κ3) is 3.56. The van der Waals surface area contributed by atoms with Crippen LogP contribution in [-0.2, 0) is 0 Å². The number of hydrogen-bond donors (Lipinski definition) is 0. The Bertz CT molecular complexity index is 950. The third-order valence-corrected chi connectivity index (χ3v) is 12.4. The Balaban J connectivity index is 2.11. The van der Waals surface area contributed by atoms with Crippen molar-refractivity contribution in [3.63, 3.8) is 0 Å². The quantitative estimate of drug-likeness (QED) is 0.437. The topological polar surface area (TPSA) is 12.4 Å². The van der Waals surface area contributed by atoms with Gasteiger partial charge in [-0.2, -0.15) is 0 Å². The summed E-state index contributed by atoms with van der Waals surface area (Å²) >= 11 is -3.02. The molecule has 0 aliphatic heterocycles. The number of benzene rings is 4. The maximum atomic E-state index is 5.51. The van der Waals surface area contributed by atoms with Crippen LogP contribution < -0.4 is 13.1 Å². The van der Waals surface area contributed by atoms with Gasteiger partial charge in [0.15, 0.2) is 0 Å². The Morgan fingerprint density at radius 1 is 0.481 bits per heavy atom. The van der Waals surface area contributed by atoms with Gasteiger partial charge < -0.3 is 0 Å². The Morgan fingerprint density at radius 2 is 0.852 bits per heavy atom. The van der Waals surface area contributed by atoms with Gasteiger partial charge in [0, 0.05) is 0 Å². The molecule has 4 aromatic rings. The van der Waals surface area contributed by atoms with Gasteiger partial charge >= 0.3 is 164 Å². The van der Waals surface area contributed by atoms with E-state index in [2.05, 4.69) is 122 Å². The number of nitrogens with zero attached hydrogens (tertiary/aromatic N) is 1. The molecule has 0 heterocycles. The van der Waals surface area contributed by atoms with Crippen LogP contribution >= 0.6 is 0 Å². The van der Waals surface area contributed by atoms with Crippen LogP contribution in [0.2, 0.25) is 0 Å². The summed E-state index contributed by atoms with van der Waals surface area (Å²) in [6, 6.07) is 41.0. The van der Waals surface area contributed by atoms with Crippen molar-refractivity contribution in [1.82, 2.24) is 0 Å². The van der Waals surface area contributed by atoms with E-state index in [1.807, 2.05) is 0 Å². The molecule has 4 aromatic carbocycles. The molecule has 0 fully saturated rings. The van der Waals surface area contributed by atoms with Gasteiger partial charge in [-0.15, -0.1) is 0 Å². The number of hydrogen-bond acceptors (Lipinski definition) is 1. The first-order chi connectivity index (χ1) is 13.3. The Kier molecular flexibility index (Phi) is 5.14. The first-order valence-corrected chi connectivity index (χ1v) is 12.8. The average Bonchev–Trinajstić information content (AvgIpc) is 2.75. The van der Waals surface area contributed by atoms with Crippen LogP contribution in [0.5, 0.6) is 0 Å². The second-order valence-electron chi connectivity index (χ2n) is 6.58. The van der Waals surface area contributed by atoms with Crippen LogP contribution in [0.1, 0.15) is 5.56 Å². The van der Waals surface area contributed by atoms with Crippen molar-refractivity contribution < 1.29 is 0 Å². The van der Waals surface area contributed by atoms with E-state index in [-0.39, 0.29) is 0 Å². The monoisotopic (exact) mass is 411 g/mol. The molecule has 2 heteroatoms. The molecule has 4 rings (SSSR count). The minimum atomic E-state index is -3.02. The van der Waals surface area contributed by atoms with Crippen LogP contribution in [0.15, 0.2) is 119 Å². The predicted octanol–water partition coefficient (Wildman–Crippen LogP) is 4.56. The summed E-state index contributed by atoms with van der Waals surface area (Å²) in [5.41, 5.74) is 2.30. The molecular weight excluding hydrogens is 389 g/mol. The maximum absolute atomic E-state index is 5.51. The van der Waals surface area contributed by atoms with E-state index in [4.69, 9.17) is 3.86 Å². The second-order valence-corrected chi connectivity index (χ2v) is 12.9. The van der Waals surface area contributed by atoms with E-state index >= 15 is 0 Å². The molecule has 0 atom stereocenters. The van der Waals surface area contributed by atoms with E-state index < -0.39 is 13.4 Å². The van der Waals surface area contributed by atoms with Gasteiger partial charge in [-0.25, -0.2) is 0 Å². The van der Waals surface area contributed by atoms with Crippen molar-refractivity contribution in [2.45, 2.75) is 6.92 Å². The van der Waals surface area contributed by atoms with E-state index in [1.54, 1.807) is 0 Å². The van der Waals surface area contributed by atoms with Gasteiger partial charge in [0.25, 0.3) is 0 Å². The third-order valence-electron chi connectivity index (χ3n) is 4.69. The molecule has 0 spiro atoms. The zero-order valence-electron chi connectivity index (χ0n) is 15.4. The molecule has 0 saturated carbocycles. The molecule has 0 aromatic heterocycles. The van der Waals surface area contributed by atoms with E-state index in [0.717, 1.165) is 5.69 Å². The molecule has 27 heavy (non-hydrogen) atoms. The standard InChI is InChI=1S/C25H22AsN/c1-21-17-19-25(20-18-21)27-26(22-11-5-2-6-12-22,23-13-7-3-8-14-23)24-15-9-4-10-16-24/h2-20H,1H3. The van der Waals surface area contributed by atoms with Gasteiger partial charge in [-0.3, -0.25) is 0 Å². The first-order valence-electron chi connectivity index (χ1n) is 9.15. The Labute approximate surface area is 163 Å². The number of aryl methyl sites for hydroxylation is 1. The summed E-state index contributed by atoms with van der Waals surface area (Å²) < 4.78 is 9.50. The molecular formula is C25H22AsN. The molecule has 0 aliphatic carbocycles. The van der Waals surface area contributed by atoms with E-state index in [0.29, 0.717) is 0 Å². The second kappa shape index (κ2) is 7.86. The van der Waals surface area contributed by atoms with Crippen LogP contribution in [0.3, 0.4) is 0 Å². The molecule has 0 bridgehead atoms. The van der Waals surface area contributed by atoms with Crippen molar-refractivity contribution in [2.75, 3.05) is 0 Å². The summed E-state index contributed by atoms with van der Waals surface area (Å²) in [7, 11) is 0. The van der Waals surface area contributed by atoms with Gasteiger partial charge in [0.1, 0.15) is 0 Å². The summed E-state index contributed by atoms with van der Waals surface area (Å²) in [6.45, 7) is 2.11. The molecule has 0 amide bonds. The molecule has 0 aliphatic rings. The summed E-state index contributed by atoms with van der Waals surface area (Å²) in [5, 5.41) is 0. The summed E-state index contributed by atoms with van der Waals surface area (Å²) in [5.74, 6) is 0. The fourth-order valence-electron chi connectivity index (χ4n) is 3.34. The molecule has 0 N–H and O–H groups in total. The average molecular weight is 411 g/mol. The number of rotatable bonds is 4. The van der Waals surface area contributed by atoms with Crippen molar-refractivity contribution >= 4 is 32.1 Å². The summed E-state index contributed by atoms with van der Waals surface area (Å²) in [6.07, 6.45) is 0. The zero-order valence-corrected chi connectivity index (χ0v) is 17.2. The van der Waals surface area contributed by atoms with Crippen molar-refractivity contribution in [2.24, 2.45) is 3.86 Å². The molecule has 1 nitrogen and oxygen atoms in total. The van der Waals surface area contributed by atoms with Crippen LogP contribution in [0.25, 0.3) is 0 Å². The van der Waals surface area contributed by atoms with Crippen LogP contribution in [0, 0.1) is 6.92 Å². The fraction of sp³-hybridized carbons (Fsp3) is 0.0400. The van der Waals surface area contributed by atoms with E-state index in [1.165, 1.54) is 18.6 Å².